The lowest BCUT2D eigenvalue weighted by Gasteiger charge is -2.26. The van der Waals surface area contributed by atoms with Gasteiger partial charge in [-0.15, -0.1) is 0 Å². The van der Waals surface area contributed by atoms with Crippen LogP contribution < -0.4 is 5.32 Å². The van der Waals surface area contributed by atoms with Gasteiger partial charge in [0.2, 0.25) is 10.0 Å². The van der Waals surface area contributed by atoms with Crippen LogP contribution in [0, 0.1) is 5.82 Å². The number of amides is 1. The zero-order valence-corrected chi connectivity index (χ0v) is 18.4. The van der Waals surface area contributed by atoms with Gasteiger partial charge in [-0.25, -0.2) is 17.6 Å². The highest BCUT2D eigenvalue weighted by Crippen LogP contribution is 2.28. The molecular formula is C21H22ClFN2O5S. The van der Waals surface area contributed by atoms with Crippen molar-refractivity contribution in [2.75, 3.05) is 18.4 Å². The molecule has 1 N–H and O–H groups in total. The van der Waals surface area contributed by atoms with Crippen molar-refractivity contribution in [2.45, 2.75) is 37.2 Å². The lowest BCUT2D eigenvalue weighted by Crippen LogP contribution is -2.35. The molecule has 3 rings (SSSR count). The third kappa shape index (κ3) is 5.61. The van der Waals surface area contributed by atoms with Crippen molar-refractivity contribution in [1.29, 1.82) is 0 Å². The number of ether oxygens (including phenoxy) is 1. The van der Waals surface area contributed by atoms with Gasteiger partial charge in [-0.05, 0) is 62.2 Å². The monoisotopic (exact) mass is 468 g/mol. The fourth-order valence-electron chi connectivity index (χ4n) is 3.12. The smallest absolute Gasteiger partial charge is 0.338 e. The van der Waals surface area contributed by atoms with Crippen molar-refractivity contribution in [3.05, 3.63) is 58.9 Å². The summed E-state index contributed by atoms with van der Waals surface area (Å²) in [5.41, 5.74) is 0.183. The number of anilines is 1. The largest absolute Gasteiger partial charge is 0.449 e. The van der Waals surface area contributed by atoms with Gasteiger partial charge < -0.3 is 10.1 Å². The van der Waals surface area contributed by atoms with E-state index in [9.17, 15) is 22.4 Å². The number of nitrogens with zero attached hydrogens (tertiary/aromatic N) is 1. The van der Waals surface area contributed by atoms with Crippen LogP contribution in [0.25, 0.3) is 0 Å². The molecule has 1 aliphatic heterocycles. The van der Waals surface area contributed by atoms with Crippen LogP contribution in [0.5, 0.6) is 0 Å². The van der Waals surface area contributed by atoms with Gasteiger partial charge >= 0.3 is 5.97 Å². The molecule has 0 saturated carbocycles. The summed E-state index contributed by atoms with van der Waals surface area (Å²) in [4.78, 5) is 24.6. The van der Waals surface area contributed by atoms with Gasteiger partial charge in [0.1, 0.15) is 5.82 Å². The summed E-state index contributed by atoms with van der Waals surface area (Å²) in [6, 6.07) is 8.77. The number of rotatable bonds is 6. The number of carbonyl (C=O) groups excluding carboxylic acids is 2. The van der Waals surface area contributed by atoms with Gasteiger partial charge in [0.05, 0.1) is 21.2 Å². The Hall–Kier alpha value is -2.49. The molecule has 166 valence electrons. The second kappa shape index (κ2) is 9.76. The van der Waals surface area contributed by atoms with E-state index in [1.807, 2.05) is 0 Å². The number of nitrogens with one attached hydrogen (secondary N) is 1. The number of benzene rings is 2. The summed E-state index contributed by atoms with van der Waals surface area (Å²) in [7, 11) is -3.71. The molecule has 10 heteroatoms. The van der Waals surface area contributed by atoms with E-state index in [0.29, 0.717) is 13.1 Å². The second-order valence-corrected chi connectivity index (χ2v) is 9.50. The number of piperidine rings is 1. The first-order valence-corrected chi connectivity index (χ1v) is 11.6. The van der Waals surface area contributed by atoms with Crippen molar-refractivity contribution < 1.29 is 27.1 Å². The van der Waals surface area contributed by atoms with Crippen LogP contribution in [0.2, 0.25) is 5.02 Å². The van der Waals surface area contributed by atoms with E-state index in [0.717, 1.165) is 31.4 Å². The Bertz CT molecular complexity index is 1070. The molecule has 0 aliphatic carbocycles. The highest BCUT2D eigenvalue weighted by Gasteiger charge is 2.27. The maximum atomic E-state index is 13.0. The van der Waals surface area contributed by atoms with Crippen LogP contribution in [0.3, 0.4) is 0 Å². The summed E-state index contributed by atoms with van der Waals surface area (Å²) in [6.45, 7) is 2.25. The summed E-state index contributed by atoms with van der Waals surface area (Å²) in [6.07, 6.45) is 1.39. The van der Waals surface area contributed by atoms with Crippen molar-refractivity contribution >= 4 is 39.2 Å². The molecule has 0 aromatic heterocycles. The summed E-state index contributed by atoms with van der Waals surface area (Å²) >= 11 is 6.13. The van der Waals surface area contributed by atoms with Crippen molar-refractivity contribution in [2.24, 2.45) is 0 Å². The first kappa shape index (κ1) is 23.2. The molecule has 7 nitrogen and oxygen atoms in total. The average molecular weight is 469 g/mol. The number of hydrogen-bond donors (Lipinski definition) is 1. The lowest BCUT2D eigenvalue weighted by atomic mass is 10.2. The highest BCUT2D eigenvalue weighted by atomic mass is 35.5. The first-order chi connectivity index (χ1) is 14.7. The minimum Gasteiger partial charge on any atom is -0.449 e. The van der Waals surface area contributed by atoms with E-state index >= 15 is 0 Å². The van der Waals surface area contributed by atoms with E-state index in [1.165, 1.54) is 41.6 Å². The Balaban J connectivity index is 1.71. The van der Waals surface area contributed by atoms with E-state index < -0.39 is 33.8 Å². The van der Waals surface area contributed by atoms with Crippen molar-refractivity contribution in [3.8, 4) is 0 Å². The molecule has 0 bridgehead atoms. The molecule has 2 aromatic rings. The predicted molar refractivity (Wildman–Crippen MR) is 114 cm³/mol. The quantitative estimate of drug-likeness (QED) is 0.650. The lowest BCUT2D eigenvalue weighted by molar-refractivity contribution is -0.123. The van der Waals surface area contributed by atoms with Gasteiger partial charge in [0.15, 0.2) is 6.10 Å². The summed E-state index contributed by atoms with van der Waals surface area (Å²) in [5.74, 6) is -1.99. The van der Waals surface area contributed by atoms with Crippen LogP contribution in [-0.4, -0.2) is 43.8 Å². The first-order valence-electron chi connectivity index (χ1n) is 9.75. The fourth-order valence-corrected chi connectivity index (χ4v) is 4.83. The van der Waals surface area contributed by atoms with Crippen LogP contribution in [-0.2, 0) is 19.6 Å². The molecular weight excluding hydrogens is 447 g/mol. The third-order valence-electron chi connectivity index (χ3n) is 4.88. The topological polar surface area (TPSA) is 92.8 Å². The predicted octanol–water partition coefficient (Wildman–Crippen LogP) is 3.84. The van der Waals surface area contributed by atoms with E-state index in [1.54, 1.807) is 0 Å². The normalized spacial score (nSPS) is 15.8. The van der Waals surface area contributed by atoms with E-state index in [4.69, 9.17) is 16.3 Å². The Morgan fingerprint density at radius 2 is 1.74 bits per heavy atom. The average Bonchev–Trinajstić information content (AvgIpc) is 2.76. The number of carbonyl (C=O) groups is 2. The zero-order valence-electron chi connectivity index (χ0n) is 16.8. The molecule has 1 atom stereocenters. The number of esters is 1. The zero-order chi connectivity index (χ0) is 22.6. The molecule has 2 aromatic carbocycles. The summed E-state index contributed by atoms with van der Waals surface area (Å²) in [5, 5.41) is 2.64. The maximum absolute atomic E-state index is 13.0. The molecule has 0 radical (unpaired) electrons. The Labute approximate surface area is 185 Å². The van der Waals surface area contributed by atoms with E-state index in [2.05, 4.69) is 5.32 Å². The molecule has 0 unspecified atom stereocenters. The van der Waals surface area contributed by atoms with Crippen molar-refractivity contribution in [3.63, 3.8) is 0 Å². The van der Waals surface area contributed by atoms with Crippen LogP contribution >= 0.6 is 11.6 Å². The van der Waals surface area contributed by atoms with Gasteiger partial charge in [-0.1, -0.05) is 18.0 Å². The number of sulfonamides is 1. The van der Waals surface area contributed by atoms with Crippen LogP contribution in [0.15, 0.2) is 47.4 Å². The molecule has 1 aliphatic rings. The molecule has 0 spiro atoms. The number of hydrogen-bond acceptors (Lipinski definition) is 5. The fraction of sp³-hybridized carbons (Fsp3) is 0.333. The highest BCUT2D eigenvalue weighted by molar-refractivity contribution is 7.89. The second-order valence-electron chi connectivity index (χ2n) is 7.15. The van der Waals surface area contributed by atoms with Crippen molar-refractivity contribution in [1.82, 2.24) is 4.31 Å². The minimum atomic E-state index is -3.71. The molecule has 31 heavy (non-hydrogen) atoms. The van der Waals surface area contributed by atoms with Crippen LogP contribution in [0.1, 0.15) is 36.5 Å². The van der Waals surface area contributed by atoms with Crippen LogP contribution in [0.4, 0.5) is 10.1 Å². The number of halogens is 2. The molecule has 1 heterocycles. The molecule has 1 saturated heterocycles. The van der Waals surface area contributed by atoms with Gasteiger partial charge in [-0.3, -0.25) is 4.79 Å². The molecule has 1 fully saturated rings. The SMILES string of the molecule is C[C@H](OC(=O)c1ccc(F)cc1)C(=O)Nc1cc(S(=O)(=O)N2CCCCC2)ccc1Cl. The summed E-state index contributed by atoms with van der Waals surface area (Å²) < 4.78 is 45.2. The Morgan fingerprint density at radius 3 is 2.39 bits per heavy atom. The maximum Gasteiger partial charge on any atom is 0.338 e. The molecule has 1 amide bonds. The Kier molecular flexibility index (Phi) is 7.30. The Morgan fingerprint density at radius 1 is 1.10 bits per heavy atom. The third-order valence-corrected chi connectivity index (χ3v) is 7.11. The van der Waals surface area contributed by atoms with Gasteiger partial charge in [0.25, 0.3) is 5.91 Å². The standard InChI is InChI=1S/C21H22ClFN2O5S/c1-14(30-21(27)15-5-7-16(23)8-6-15)20(26)24-19-13-17(9-10-18(19)22)31(28,29)25-11-3-2-4-12-25/h5-10,13-14H,2-4,11-12H2,1H3,(H,24,26)/t14-/m0/s1. The van der Waals surface area contributed by atoms with Gasteiger partial charge in [-0.2, -0.15) is 4.31 Å². The minimum absolute atomic E-state index is 0.0186. The van der Waals surface area contributed by atoms with Gasteiger partial charge in [0, 0.05) is 13.1 Å². The van der Waals surface area contributed by atoms with E-state index in [-0.39, 0.29) is 21.2 Å².